The zero-order valence-electron chi connectivity index (χ0n) is 11.0. The van der Waals surface area contributed by atoms with Crippen molar-refractivity contribution in [3.05, 3.63) is 35.4 Å². The number of hydrogen-bond donors (Lipinski definition) is 2. The number of nitrogens with one attached hydrogen (secondary N) is 1. The molecule has 1 unspecified atom stereocenters. The molecule has 4 nitrogen and oxygen atoms in total. The number of amides is 1. The van der Waals surface area contributed by atoms with Crippen LogP contribution in [0.2, 0.25) is 0 Å². The number of carbonyl (C=O) groups is 1. The molecule has 7 heteroatoms. The van der Waals surface area contributed by atoms with Crippen LogP contribution in [0.5, 0.6) is 0 Å². The van der Waals surface area contributed by atoms with Crippen LogP contribution >= 0.6 is 0 Å². The molecule has 0 aliphatic heterocycles. The molecule has 3 N–H and O–H groups in total. The Kier molecular flexibility index (Phi) is 5.97. The molecule has 0 aliphatic carbocycles. The van der Waals surface area contributed by atoms with Gasteiger partial charge in [-0.15, -0.1) is 0 Å². The first-order valence-electron chi connectivity index (χ1n) is 6.06. The maximum absolute atomic E-state index is 11.9. The molecule has 0 saturated heterocycles. The van der Waals surface area contributed by atoms with E-state index in [0.717, 1.165) is 5.56 Å². The SMILES string of the molecule is CC(COCC(F)(F)F)NC(=O)c1ccc(CN)cc1. The topological polar surface area (TPSA) is 64.3 Å². The van der Waals surface area contributed by atoms with Crippen molar-refractivity contribution in [1.29, 1.82) is 0 Å². The highest BCUT2D eigenvalue weighted by atomic mass is 19.4. The third-order valence-electron chi connectivity index (χ3n) is 2.46. The van der Waals surface area contributed by atoms with Crippen LogP contribution in [-0.4, -0.2) is 31.3 Å². The Morgan fingerprint density at radius 3 is 2.45 bits per heavy atom. The summed E-state index contributed by atoms with van der Waals surface area (Å²) in [6.07, 6.45) is -4.36. The smallest absolute Gasteiger partial charge is 0.370 e. The van der Waals surface area contributed by atoms with Crippen molar-refractivity contribution < 1.29 is 22.7 Å². The van der Waals surface area contributed by atoms with E-state index in [1.807, 2.05) is 0 Å². The molecular weight excluding hydrogens is 273 g/mol. The van der Waals surface area contributed by atoms with Gasteiger partial charge in [0.15, 0.2) is 0 Å². The van der Waals surface area contributed by atoms with E-state index in [1.54, 1.807) is 31.2 Å². The summed E-state index contributed by atoms with van der Waals surface area (Å²) in [6, 6.07) is 6.15. The van der Waals surface area contributed by atoms with Crippen LogP contribution in [0.25, 0.3) is 0 Å². The Hall–Kier alpha value is -1.60. The van der Waals surface area contributed by atoms with Gasteiger partial charge in [-0.05, 0) is 24.6 Å². The van der Waals surface area contributed by atoms with Crippen molar-refractivity contribution in [2.45, 2.75) is 25.7 Å². The lowest BCUT2D eigenvalue weighted by molar-refractivity contribution is -0.174. The maximum Gasteiger partial charge on any atom is 0.411 e. The molecule has 0 fully saturated rings. The number of halogens is 3. The first-order valence-corrected chi connectivity index (χ1v) is 6.06. The molecule has 1 aromatic carbocycles. The number of ether oxygens (including phenoxy) is 1. The van der Waals surface area contributed by atoms with Gasteiger partial charge in [-0.2, -0.15) is 13.2 Å². The molecule has 0 saturated carbocycles. The average molecular weight is 290 g/mol. The summed E-state index contributed by atoms with van der Waals surface area (Å²) >= 11 is 0. The second kappa shape index (κ2) is 7.25. The fourth-order valence-electron chi connectivity index (χ4n) is 1.49. The van der Waals surface area contributed by atoms with Crippen molar-refractivity contribution in [3.8, 4) is 0 Å². The van der Waals surface area contributed by atoms with Gasteiger partial charge in [0.1, 0.15) is 6.61 Å². The van der Waals surface area contributed by atoms with Gasteiger partial charge < -0.3 is 15.8 Å². The van der Waals surface area contributed by atoms with Gasteiger partial charge in [0.25, 0.3) is 5.91 Å². The summed E-state index contributed by atoms with van der Waals surface area (Å²) in [5.41, 5.74) is 6.75. The number of hydrogen-bond acceptors (Lipinski definition) is 3. The van der Waals surface area contributed by atoms with E-state index in [1.165, 1.54) is 0 Å². The fraction of sp³-hybridized carbons (Fsp3) is 0.462. The zero-order valence-corrected chi connectivity index (χ0v) is 11.0. The lowest BCUT2D eigenvalue weighted by atomic mass is 10.1. The molecule has 0 aromatic heterocycles. The Morgan fingerprint density at radius 1 is 1.35 bits per heavy atom. The number of nitrogens with two attached hydrogens (primary N) is 1. The molecule has 1 amide bonds. The van der Waals surface area contributed by atoms with E-state index < -0.39 is 18.8 Å². The van der Waals surface area contributed by atoms with Crippen LogP contribution in [-0.2, 0) is 11.3 Å². The van der Waals surface area contributed by atoms with Crippen LogP contribution in [0.1, 0.15) is 22.8 Å². The highest BCUT2D eigenvalue weighted by molar-refractivity contribution is 5.94. The minimum atomic E-state index is -4.36. The lowest BCUT2D eigenvalue weighted by Crippen LogP contribution is -2.36. The minimum absolute atomic E-state index is 0.202. The first-order chi connectivity index (χ1) is 9.31. The Morgan fingerprint density at radius 2 is 1.95 bits per heavy atom. The van der Waals surface area contributed by atoms with E-state index in [-0.39, 0.29) is 12.5 Å². The predicted molar refractivity (Wildman–Crippen MR) is 68.1 cm³/mol. The molecule has 0 bridgehead atoms. The average Bonchev–Trinajstić information content (AvgIpc) is 2.37. The van der Waals surface area contributed by atoms with Gasteiger partial charge in [0.05, 0.1) is 6.61 Å². The summed E-state index contributed by atoms with van der Waals surface area (Å²) in [6.45, 7) is 0.427. The molecule has 112 valence electrons. The number of benzene rings is 1. The zero-order chi connectivity index (χ0) is 15.2. The van der Waals surface area contributed by atoms with Crippen LogP contribution in [0, 0.1) is 0 Å². The summed E-state index contributed by atoms with van der Waals surface area (Å²) in [4.78, 5) is 11.8. The van der Waals surface area contributed by atoms with Crippen molar-refractivity contribution >= 4 is 5.91 Å². The van der Waals surface area contributed by atoms with Gasteiger partial charge >= 0.3 is 6.18 Å². The van der Waals surface area contributed by atoms with E-state index in [0.29, 0.717) is 12.1 Å². The van der Waals surface area contributed by atoms with Gasteiger partial charge in [0, 0.05) is 18.2 Å². The standard InChI is InChI=1S/C13H17F3N2O2/c1-9(7-20-8-13(14,15)16)18-12(19)11-4-2-10(6-17)3-5-11/h2-5,9H,6-8,17H2,1H3,(H,18,19). The lowest BCUT2D eigenvalue weighted by Gasteiger charge is -2.15. The van der Waals surface area contributed by atoms with Gasteiger partial charge in [0.2, 0.25) is 0 Å². The number of rotatable bonds is 6. The van der Waals surface area contributed by atoms with Crippen molar-refractivity contribution in [1.82, 2.24) is 5.32 Å². The molecule has 1 atom stereocenters. The first kappa shape index (κ1) is 16.5. The largest absolute Gasteiger partial charge is 0.411 e. The fourth-order valence-corrected chi connectivity index (χ4v) is 1.49. The second-order valence-electron chi connectivity index (χ2n) is 4.41. The number of carbonyl (C=O) groups excluding carboxylic acids is 1. The van der Waals surface area contributed by atoms with E-state index in [9.17, 15) is 18.0 Å². The Bertz CT molecular complexity index is 432. The highest BCUT2D eigenvalue weighted by Gasteiger charge is 2.27. The summed E-state index contributed by atoms with van der Waals surface area (Å²) < 4.78 is 40.1. The summed E-state index contributed by atoms with van der Waals surface area (Å²) in [7, 11) is 0. The quantitative estimate of drug-likeness (QED) is 0.840. The second-order valence-corrected chi connectivity index (χ2v) is 4.41. The van der Waals surface area contributed by atoms with Crippen molar-refractivity contribution in [2.24, 2.45) is 5.73 Å². The molecule has 0 radical (unpaired) electrons. The van der Waals surface area contributed by atoms with E-state index in [4.69, 9.17) is 5.73 Å². The number of alkyl halides is 3. The van der Waals surface area contributed by atoms with Gasteiger partial charge in [-0.3, -0.25) is 4.79 Å². The molecule has 0 aliphatic rings. The van der Waals surface area contributed by atoms with Crippen LogP contribution in [0.15, 0.2) is 24.3 Å². The Labute approximate surface area is 115 Å². The normalized spacial score (nSPS) is 13.1. The van der Waals surface area contributed by atoms with Gasteiger partial charge in [-0.25, -0.2) is 0 Å². The third-order valence-corrected chi connectivity index (χ3v) is 2.46. The monoisotopic (exact) mass is 290 g/mol. The predicted octanol–water partition coefficient (Wildman–Crippen LogP) is 1.84. The summed E-state index contributed by atoms with van der Waals surface area (Å²) in [5, 5.41) is 2.56. The highest BCUT2D eigenvalue weighted by Crippen LogP contribution is 2.14. The molecule has 20 heavy (non-hydrogen) atoms. The molecule has 0 spiro atoms. The van der Waals surface area contributed by atoms with Crippen molar-refractivity contribution in [2.75, 3.05) is 13.2 Å². The third kappa shape index (κ3) is 6.03. The van der Waals surface area contributed by atoms with Crippen LogP contribution in [0.3, 0.4) is 0 Å². The van der Waals surface area contributed by atoms with E-state index >= 15 is 0 Å². The molecular formula is C13H17F3N2O2. The summed E-state index contributed by atoms with van der Waals surface area (Å²) in [5.74, 6) is -0.364. The molecule has 0 heterocycles. The van der Waals surface area contributed by atoms with Crippen molar-refractivity contribution in [3.63, 3.8) is 0 Å². The van der Waals surface area contributed by atoms with E-state index in [2.05, 4.69) is 10.1 Å². The van der Waals surface area contributed by atoms with Gasteiger partial charge in [-0.1, -0.05) is 12.1 Å². The van der Waals surface area contributed by atoms with Crippen LogP contribution in [0.4, 0.5) is 13.2 Å². The molecule has 1 aromatic rings. The maximum atomic E-state index is 11.9. The van der Waals surface area contributed by atoms with Crippen LogP contribution < -0.4 is 11.1 Å². The molecule has 1 rings (SSSR count). The minimum Gasteiger partial charge on any atom is -0.370 e. The Balaban J connectivity index is 2.40.